The van der Waals surface area contributed by atoms with Crippen molar-refractivity contribution in [3.63, 3.8) is 0 Å². The van der Waals surface area contributed by atoms with Gasteiger partial charge in [0, 0.05) is 0 Å². The molecular formula is C11H16O2. The lowest BCUT2D eigenvalue weighted by Crippen LogP contribution is -1.95. The molecule has 0 aliphatic carbocycles. The molecule has 0 amide bonds. The number of aliphatic hydroxyl groups is 1. The second kappa shape index (κ2) is 4.87. The van der Waals surface area contributed by atoms with Gasteiger partial charge in [-0.2, -0.15) is 0 Å². The van der Waals surface area contributed by atoms with Gasteiger partial charge in [-0.1, -0.05) is 19.1 Å². The summed E-state index contributed by atoms with van der Waals surface area (Å²) in [5, 5.41) is 9.25. The Hall–Kier alpha value is -1.02. The maximum Gasteiger partial charge on any atom is 0.119 e. The Morgan fingerprint density at radius 2 is 1.92 bits per heavy atom. The molecule has 0 saturated heterocycles. The SMILES string of the molecule is CCCOc1ccc(C(C)O)cc1. The summed E-state index contributed by atoms with van der Waals surface area (Å²) in [6.07, 6.45) is 0.609. The molecule has 0 saturated carbocycles. The quantitative estimate of drug-likeness (QED) is 0.771. The summed E-state index contributed by atoms with van der Waals surface area (Å²) in [6.45, 7) is 4.57. The zero-order valence-corrected chi connectivity index (χ0v) is 8.16. The third-order valence-corrected chi connectivity index (χ3v) is 1.84. The zero-order chi connectivity index (χ0) is 9.68. The average Bonchev–Trinajstić information content (AvgIpc) is 2.15. The van der Waals surface area contributed by atoms with Crippen molar-refractivity contribution in [3.05, 3.63) is 29.8 Å². The molecule has 2 heteroatoms. The molecular weight excluding hydrogens is 164 g/mol. The van der Waals surface area contributed by atoms with Crippen molar-refractivity contribution in [2.75, 3.05) is 6.61 Å². The van der Waals surface area contributed by atoms with E-state index in [0.717, 1.165) is 24.3 Å². The molecule has 1 aromatic carbocycles. The molecule has 1 rings (SSSR count). The molecule has 1 N–H and O–H groups in total. The fourth-order valence-electron chi connectivity index (χ4n) is 1.06. The third-order valence-electron chi connectivity index (χ3n) is 1.84. The predicted molar refractivity (Wildman–Crippen MR) is 52.9 cm³/mol. The maximum atomic E-state index is 9.25. The lowest BCUT2D eigenvalue weighted by molar-refractivity contribution is 0.199. The van der Waals surface area contributed by atoms with Gasteiger partial charge in [-0.15, -0.1) is 0 Å². The van der Waals surface area contributed by atoms with Gasteiger partial charge in [-0.3, -0.25) is 0 Å². The Kier molecular flexibility index (Phi) is 3.77. The predicted octanol–water partition coefficient (Wildman–Crippen LogP) is 2.53. The highest BCUT2D eigenvalue weighted by Gasteiger charge is 1.99. The smallest absolute Gasteiger partial charge is 0.119 e. The van der Waals surface area contributed by atoms with Gasteiger partial charge in [0.05, 0.1) is 12.7 Å². The minimum Gasteiger partial charge on any atom is -0.494 e. The molecule has 72 valence electrons. The van der Waals surface area contributed by atoms with Crippen LogP contribution in [0.1, 0.15) is 31.9 Å². The van der Waals surface area contributed by atoms with E-state index in [1.165, 1.54) is 0 Å². The molecule has 0 bridgehead atoms. The lowest BCUT2D eigenvalue weighted by Gasteiger charge is -2.07. The standard InChI is InChI=1S/C11H16O2/c1-3-8-13-11-6-4-10(5-7-11)9(2)12/h4-7,9,12H,3,8H2,1-2H3. The first-order valence-electron chi connectivity index (χ1n) is 4.65. The Bertz CT molecular complexity index is 239. The number of benzene rings is 1. The molecule has 2 nitrogen and oxygen atoms in total. The van der Waals surface area contributed by atoms with Gasteiger partial charge in [0.25, 0.3) is 0 Å². The van der Waals surface area contributed by atoms with Gasteiger partial charge in [0.2, 0.25) is 0 Å². The Morgan fingerprint density at radius 3 is 2.38 bits per heavy atom. The van der Waals surface area contributed by atoms with Gasteiger partial charge < -0.3 is 9.84 Å². The van der Waals surface area contributed by atoms with Crippen LogP contribution in [0.5, 0.6) is 5.75 Å². The molecule has 13 heavy (non-hydrogen) atoms. The summed E-state index contributed by atoms with van der Waals surface area (Å²) < 4.78 is 5.41. The van der Waals surface area contributed by atoms with Gasteiger partial charge >= 0.3 is 0 Å². The fraction of sp³-hybridized carbons (Fsp3) is 0.455. The number of ether oxygens (including phenoxy) is 1. The number of rotatable bonds is 4. The third kappa shape index (κ3) is 3.07. The Labute approximate surface area is 79.2 Å². The van der Waals surface area contributed by atoms with E-state index in [2.05, 4.69) is 6.92 Å². The highest BCUT2D eigenvalue weighted by atomic mass is 16.5. The number of hydrogen-bond donors (Lipinski definition) is 1. The molecule has 0 radical (unpaired) electrons. The lowest BCUT2D eigenvalue weighted by atomic mass is 10.1. The van der Waals surface area contributed by atoms with Crippen LogP contribution in [-0.2, 0) is 0 Å². The van der Waals surface area contributed by atoms with Crippen LogP contribution in [0.4, 0.5) is 0 Å². The van der Waals surface area contributed by atoms with E-state index in [0.29, 0.717) is 0 Å². The van der Waals surface area contributed by atoms with Crippen LogP contribution in [0.3, 0.4) is 0 Å². The molecule has 0 aliphatic rings. The zero-order valence-electron chi connectivity index (χ0n) is 8.16. The molecule has 0 fully saturated rings. The topological polar surface area (TPSA) is 29.5 Å². The largest absolute Gasteiger partial charge is 0.494 e. The number of aliphatic hydroxyl groups excluding tert-OH is 1. The summed E-state index contributed by atoms with van der Waals surface area (Å²) >= 11 is 0. The summed E-state index contributed by atoms with van der Waals surface area (Å²) in [7, 11) is 0. The van der Waals surface area contributed by atoms with Crippen LogP contribution in [0, 0.1) is 0 Å². The van der Waals surface area contributed by atoms with E-state index in [-0.39, 0.29) is 0 Å². The normalized spacial score (nSPS) is 12.5. The van der Waals surface area contributed by atoms with Crippen LogP contribution in [0.15, 0.2) is 24.3 Å². The van der Waals surface area contributed by atoms with Crippen LogP contribution < -0.4 is 4.74 Å². The van der Waals surface area contributed by atoms with E-state index in [4.69, 9.17) is 4.74 Å². The highest BCUT2D eigenvalue weighted by molar-refractivity contribution is 5.28. The summed E-state index contributed by atoms with van der Waals surface area (Å²) in [6, 6.07) is 7.54. The van der Waals surface area contributed by atoms with Crippen LogP contribution in [0.25, 0.3) is 0 Å². The van der Waals surface area contributed by atoms with Crippen LogP contribution in [0.2, 0.25) is 0 Å². The summed E-state index contributed by atoms with van der Waals surface area (Å²) in [5.41, 5.74) is 0.920. The molecule has 1 atom stereocenters. The second-order valence-corrected chi connectivity index (χ2v) is 3.09. The van der Waals surface area contributed by atoms with Gasteiger partial charge in [0.15, 0.2) is 0 Å². The molecule has 0 heterocycles. The van der Waals surface area contributed by atoms with Gasteiger partial charge in [-0.25, -0.2) is 0 Å². The van der Waals surface area contributed by atoms with E-state index in [1.54, 1.807) is 6.92 Å². The van der Waals surface area contributed by atoms with Crippen LogP contribution in [-0.4, -0.2) is 11.7 Å². The molecule has 1 aromatic rings. The number of hydrogen-bond acceptors (Lipinski definition) is 2. The van der Waals surface area contributed by atoms with Crippen LogP contribution >= 0.6 is 0 Å². The van der Waals surface area contributed by atoms with Crippen molar-refractivity contribution in [2.45, 2.75) is 26.4 Å². The highest BCUT2D eigenvalue weighted by Crippen LogP contribution is 2.17. The van der Waals surface area contributed by atoms with E-state index in [9.17, 15) is 5.11 Å². The van der Waals surface area contributed by atoms with Crippen molar-refractivity contribution in [2.24, 2.45) is 0 Å². The average molecular weight is 180 g/mol. The molecule has 0 aliphatic heterocycles. The van der Waals surface area contributed by atoms with Crippen molar-refractivity contribution in [1.29, 1.82) is 0 Å². The first kappa shape index (κ1) is 10.1. The van der Waals surface area contributed by atoms with Crippen molar-refractivity contribution < 1.29 is 9.84 Å². The first-order valence-corrected chi connectivity index (χ1v) is 4.65. The second-order valence-electron chi connectivity index (χ2n) is 3.09. The van der Waals surface area contributed by atoms with Gasteiger partial charge in [0.1, 0.15) is 5.75 Å². The first-order chi connectivity index (χ1) is 6.24. The summed E-state index contributed by atoms with van der Waals surface area (Å²) in [5.74, 6) is 0.867. The minimum absolute atomic E-state index is 0.403. The maximum absolute atomic E-state index is 9.25. The molecule has 1 unspecified atom stereocenters. The minimum atomic E-state index is -0.403. The van der Waals surface area contributed by atoms with Crippen molar-refractivity contribution >= 4 is 0 Å². The monoisotopic (exact) mass is 180 g/mol. The van der Waals surface area contributed by atoms with E-state index < -0.39 is 6.10 Å². The van der Waals surface area contributed by atoms with E-state index in [1.807, 2.05) is 24.3 Å². The van der Waals surface area contributed by atoms with Crippen molar-refractivity contribution in [1.82, 2.24) is 0 Å². The summed E-state index contributed by atoms with van der Waals surface area (Å²) in [4.78, 5) is 0. The van der Waals surface area contributed by atoms with Gasteiger partial charge in [-0.05, 0) is 31.0 Å². The van der Waals surface area contributed by atoms with E-state index >= 15 is 0 Å². The molecule has 0 aromatic heterocycles. The Morgan fingerprint density at radius 1 is 1.31 bits per heavy atom. The fourth-order valence-corrected chi connectivity index (χ4v) is 1.06. The Balaban J connectivity index is 2.59. The molecule has 0 spiro atoms. The van der Waals surface area contributed by atoms with Crippen molar-refractivity contribution in [3.8, 4) is 5.75 Å².